The maximum atomic E-state index is 12.4. The van der Waals surface area contributed by atoms with Crippen LogP contribution in [0.5, 0.6) is 0 Å². The van der Waals surface area contributed by atoms with Crippen LogP contribution in [0.2, 0.25) is 0 Å². The summed E-state index contributed by atoms with van der Waals surface area (Å²) in [7, 11) is -0.522. The Morgan fingerprint density at radius 2 is 1.95 bits per heavy atom. The van der Waals surface area contributed by atoms with Crippen LogP contribution in [0.4, 0.5) is 5.69 Å². The zero-order valence-corrected chi connectivity index (χ0v) is 14.2. The van der Waals surface area contributed by atoms with Gasteiger partial charge in [0.2, 0.25) is 15.9 Å². The van der Waals surface area contributed by atoms with Crippen molar-refractivity contribution in [3.05, 3.63) is 23.8 Å². The first-order valence-corrected chi connectivity index (χ1v) is 8.36. The summed E-state index contributed by atoms with van der Waals surface area (Å²) in [5.41, 5.74) is 6.91. The minimum atomic E-state index is -3.50. The number of nitrogens with zero attached hydrogens (tertiary/aromatic N) is 2. The molecule has 0 atom stereocenters. The van der Waals surface area contributed by atoms with Gasteiger partial charge in [0.25, 0.3) is 0 Å². The molecule has 1 aromatic rings. The van der Waals surface area contributed by atoms with E-state index in [1.54, 1.807) is 23.1 Å². The lowest BCUT2D eigenvalue weighted by Gasteiger charge is -2.22. The molecule has 1 amide bonds. The number of anilines is 1. The monoisotopic (exact) mass is 345 g/mol. The van der Waals surface area contributed by atoms with Crippen molar-refractivity contribution in [2.45, 2.75) is 29.7 Å². The number of halogens is 1. The normalized spacial score (nSPS) is 18.8. The first kappa shape index (κ1) is 17.2. The van der Waals surface area contributed by atoms with Gasteiger partial charge in [0, 0.05) is 26.3 Å². The van der Waals surface area contributed by atoms with Crippen LogP contribution in [0, 0.1) is 0 Å². The molecular weight excluding hydrogens is 326 g/mol. The maximum absolute atomic E-state index is 12.4. The lowest BCUT2D eigenvalue weighted by atomic mass is 10.1. The van der Waals surface area contributed by atoms with E-state index < -0.39 is 15.6 Å². The lowest BCUT2D eigenvalue weighted by molar-refractivity contribution is -0.120. The van der Waals surface area contributed by atoms with Crippen LogP contribution in [-0.4, -0.2) is 44.8 Å². The number of carbonyl (C=O) groups excluding carboxylic acids is 1. The summed E-state index contributed by atoms with van der Waals surface area (Å²) in [6.45, 7) is 0.568. The summed E-state index contributed by atoms with van der Waals surface area (Å²) in [6, 6.07) is 4.97. The van der Waals surface area contributed by atoms with Gasteiger partial charge in [-0.1, -0.05) is 6.07 Å². The zero-order valence-electron chi connectivity index (χ0n) is 12.6. The molecule has 0 aromatic heterocycles. The van der Waals surface area contributed by atoms with Crippen molar-refractivity contribution in [3.63, 3.8) is 0 Å². The molecule has 0 spiro atoms. The van der Waals surface area contributed by atoms with Crippen molar-refractivity contribution >= 4 is 34.0 Å². The van der Waals surface area contributed by atoms with E-state index in [1.807, 2.05) is 0 Å². The van der Waals surface area contributed by atoms with E-state index in [2.05, 4.69) is 0 Å². The summed E-state index contributed by atoms with van der Waals surface area (Å²) < 4.78 is 25.6. The number of amides is 1. The van der Waals surface area contributed by atoms with Crippen LogP contribution < -0.4 is 10.6 Å². The van der Waals surface area contributed by atoms with Gasteiger partial charge < -0.3 is 10.6 Å². The van der Waals surface area contributed by atoms with Crippen molar-refractivity contribution in [1.82, 2.24) is 4.31 Å². The molecule has 1 heterocycles. The first-order valence-electron chi connectivity index (χ1n) is 6.92. The molecule has 3 rings (SSSR count). The fourth-order valence-corrected chi connectivity index (χ4v) is 3.48. The molecule has 122 valence electrons. The quantitative estimate of drug-likeness (QED) is 0.875. The molecule has 6 nitrogen and oxygen atoms in total. The molecule has 1 aliphatic carbocycles. The molecule has 2 aliphatic rings. The lowest BCUT2D eigenvalue weighted by Crippen LogP contribution is -2.45. The van der Waals surface area contributed by atoms with Crippen molar-refractivity contribution < 1.29 is 13.2 Å². The minimum absolute atomic E-state index is 0. The molecular formula is C14H20ClN3O3S. The van der Waals surface area contributed by atoms with E-state index in [4.69, 9.17) is 5.73 Å². The Morgan fingerprint density at radius 1 is 1.32 bits per heavy atom. The highest BCUT2D eigenvalue weighted by molar-refractivity contribution is 7.89. The largest absolute Gasteiger partial charge is 0.317 e. The summed E-state index contributed by atoms with van der Waals surface area (Å²) >= 11 is 0. The molecule has 1 saturated carbocycles. The predicted octanol–water partition coefficient (Wildman–Crippen LogP) is 0.739. The van der Waals surface area contributed by atoms with Gasteiger partial charge in [-0.3, -0.25) is 4.79 Å². The number of fused-ring (bicyclic) bond motifs is 1. The fourth-order valence-electron chi connectivity index (χ4n) is 2.56. The number of hydrogen-bond acceptors (Lipinski definition) is 4. The third kappa shape index (κ3) is 2.62. The van der Waals surface area contributed by atoms with Crippen LogP contribution in [0.3, 0.4) is 0 Å². The van der Waals surface area contributed by atoms with Crippen molar-refractivity contribution in [2.75, 3.05) is 25.5 Å². The topological polar surface area (TPSA) is 83.7 Å². The maximum Gasteiger partial charge on any atom is 0.247 e. The Kier molecular flexibility index (Phi) is 4.29. The van der Waals surface area contributed by atoms with Crippen LogP contribution in [0.1, 0.15) is 18.4 Å². The number of nitrogens with two attached hydrogens (primary N) is 1. The SMILES string of the molecule is CN(C)S(=O)(=O)c1ccc2c(c1)N(C(=O)C1(N)CC1)CC2.Cl. The van der Waals surface area contributed by atoms with Gasteiger partial charge in [0.15, 0.2) is 0 Å². The highest BCUT2D eigenvalue weighted by Gasteiger charge is 2.49. The average Bonchev–Trinajstić information content (AvgIpc) is 3.05. The van der Waals surface area contributed by atoms with Crippen LogP contribution in [0.25, 0.3) is 0 Å². The molecule has 2 N–H and O–H groups in total. The van der Waals surface area contributed by atoms with Crippen molar-refractivity contribution in [1.29, 1.82) is 0 Å². The van der Waals surface area contributed by atoms with E-state index in [9.17, 15) is 13.2 Å². The molecule has 0 radical (unpaired) electrons. The first-order chi connectivity index (χ1) is 9.75. The number of hydrogen-bond donors (Lipinski definition) is 1. The molecule has 0 unspecified atom stereocenters. The highest BCUT2D eigenvalue weighted by Crippen LogP contribution is 2.39. The van der Waals surface area contributed by atoms with E-state index in [0.29, 0.717) is 25.1 Å². The van der Waals surface area contributed by atoms with E-state index in [0.717, 1.165) is 12.0 Å². The van der Waals surface area contributed by atoms with E-state index in [-0.39, 0.29) is 23.2 Å². The molecule has 0 bridgehead atoms. The van der Waals surface area contributed by atoms with Crippen molar-refractivity contribution in [2.24, 2.45) is 5.73 Å². The predicted molar refractivity (Wildman–Crippen MR) is 86.8 cm³/mol. The Bertz CT molecular complexity index is 714. The minimum Gasteiger partial charge on any atom is -0.317 e. The van der Waals surface area contributed by atoms with Gasteiger partial charge in [0.05, 0.1) is 10.4 Å². The number of benzene rings is 1. The Balaban J connectivity index is 0.00000176. The second-order valence-electron chi connectivity index (χ2n) is 5.94. The number of carbonyl (C=O) groups is 1. The van der Waals surface area contributed by atoms with Gasteiger partial charge in [-0.05, 0) is 37.0 Å². The molecule has 1 fully saturated rings. The van der Waals surface area contributed by atoms with Crippen LogP contribution in [-0.2, 0) is 21.2 Å². The fraction of sp³-hybridized carbons (Fsp3) is 0.500. The van der Waals surface area contributed by atoms with Crippen molar-refractivity contribution in [3.8, 4) is 0 Å². The Morgan fingerprint density at radius 3 is 2.50 bits per heavy atom. The third-order valence-corrected chi connectivity index (χ3v) is 6.00. The summed E-state index contributed by atoms with van der Waals surface area (Å²) in [4.78, 5) is 14.3. The molecule has 1 aliphatic heterocycles. The summed E-state index contributed by atoms with van der Waals surface area (Å²) in [6.07, 6.45) is 2.14. The van der Waals surface area contributed by atoms with E-state index >= 15 is 0 Å². The summed E-state index contributed by atoms with van der Waals surface area (Å²) in [5.74, 6) is -0.0966. The number of rotatable bonds is 3. The van der Waals surface area contributed by atoms with Gasteiger partial charge in [-0.15, -0.1) is 12.4 Å². The third-order valence-electron chi connectivity index (χ3n) is 4.19. The Labute approximate surface area is 136 Å². The Hall–Kier alpha value is -1.15. The van der Waals surface area contributed by atoms with Gasteiger partial charge >= 0.3 is 0 Å². The molecule has 0 saturated heterocycles. The van der Waals surface area contributed by atoms with Gasteiger partial charge in [0.1, 0.15) is 0 Å². The number of sulfonamides is 1. The second-order valence-corrected chi connectivity index (χ2v) is 8.09. The average molecular weight is 346 g/mol. The van der Waals surface area contributed by atoms with Gasteiger partial charge in [-0.2, -0.15) is 0 Å². The van der Waals surface area contributed by atoms with Crippen LogP contribution >= 0.6 is 12.4 Å². The van der Waals surface area contributed by atoms with E-state index in [1.165, 1.54) is 18.4 Å². The van der Waals surface area contributed by atoms with Gasteiger partial charge in [-0.25, -0.2) is 12.7 Å². The summed E-state index contributed by atoms with van der Waals surface area (Å²) in [5, 5.41) is 0. The smallest absolute Gasteiger partial charge is 0.247 e. The molecule has 1 aromatic carbocycles. The zero-order chi connectivity index (χ0) is 15.4. The van der Waals surface area contributed by atoms with Crippen LogP contribution in [0.15, 0.2) is 23.1 Å². The molecule has 8 heteroatoms. The second kappa shape index (κ2) is 5.49. The highest BCUT2D eigenvalue weighted by atomic mass is 35.5. The standard InChI is InChI=1S/C14H19N3O3S.ClH/c1-16(2)21(19,20)11-4-3-10-5-8-17(12(10)9-11)13(18)14(15)6-7-14;/h3-4,9H,5-8,15H2,1-2H3;1H. The molecule has 22 heavy (non-hydrogen) atoms.